The van der Waals surface area contributed by atoms with Crippen molar-refractivity contribution in [3.05, 3.63) is 36.7 Å². The van der Waals surface area contributed by atoms with Gasteiger partial charge in [-0.25, -0.2) is 0 Å². The summed E-state index contributed by atoms with van der Waals surface area (Å²) in [5, 5.41) is 4.24. The quantitative estimate of drug-likeness (QED) is 0.778. The number of hydrogen-bond donors (Lipinski definition) is 1. The molecule has 0 bridgehead atoms. The van der Waals surface area contributed by atoms with Gasteiger partial charge in [-0.2, -0.15) is 5.10 Å². The predicted octanol–water partition coefficient (Wildman–Crippen LogP) is 1.61. The zero-order chi connectivity index (χ0) is 13.7. The minimum Gasteiger partial charge on any atom is -0.395 e. The summed E-state index contributed by atoms with van der Waals surface area (Å²) in [4.78, 5) is 14.1. The van der Waals surface area contributed by atoms with Crippen LogP contribution in [-0.2, 0) is 6.54 Å². The Morgan fingerprint density at radius 2 is 2.00 bits per heavy atom. The van der Waals surface area contributed by atoms with Gasteiger partial charge in [0.25, 0.3) is 5.91 Å². The van der Waals surface area contributed by atoms with Crippen LogP contribution in [0.1, 0.15) is 23.1 Å². The molecule has 1 rings (SSSR count). The summed E-state index contributed by atoms with van der Waals surface area (Å²) in [6, 6.07) is 0. The molecule has 1 aromatic heterocycles. The number of hydrogen-bond acceptors (Lipinski definition) is 3. The van der Waals surface area contributed by atoms with Gasteiger partial charge in [-0.15, -0.1) is 13.2 Å². The lowest BCUT2D eigenvalue weighted by molar-refractivity contribution is 0.0779. The van der Waals surface area contributed by atoms with E-state index in [1.54, 1.807) is 28.7 Å². The maximum absolute atomic E-state index is 12.4. The van der Waals surface area contributed by atoms with Crippen LogP contribution in [0.4, 0.5) is 5.69 Å². The first-order valence-corrected chi connectivity index (χ1v) is 5.90. The van der Waals surface area contributed by atoms with Crippen molar-refractivity contribution in [1.82, 2.24) is 14.7 Å². The topological polar surface area (TPSA) is 64.2 Å². The Labute approximate surface area is 108 Å². The molecule has 0 radical (unpaired) electrons. The van der Waals surface area contributed by atoms with E-state index in [0.29, 0.717) is 36.7 Å². The van der Waals surface area contributed by atoms with Crippen molar-refractivity contribution in [2.45, 2.75) is 20.4 Å². The fraction of sp³-hybridized carbons (Fsp3) is 0.385. The lowest BCUT2D eigenvalue weighted by Gasteiger charge is -2.19. The van der Waals surface area contributed by atoms with E-state index in [-0.39, 0.29) is 5.91 Å². The second kappa shape index (κ2) is 6.05. The average Bonchev–Trinajstić information content (AvgIpc) is 2.64. The van der Waals surface area contributed by atoms with Crippen molar-refractivity contribution in [2.24, 2.45) is 0 Å². The molecule has 0 saturated heterocycles. The average molecular weight is 248 g/mol. The third-order valence-electron chi connectivity index (χ3n) is 2.66. The number of aromatic nitrogens is 2. The second-order valence-corrected chi connectivity index (χ2v) is 3.95. The Morgan fingerprint density at radius 3 is 2.44 bits per heavy atom. The summed E-state index contributed by atoms with van der Waals surface area (Å²) in [5.74, 6) is -0.144. The van der Waals surface area contributed by atoms with E-state index in [9.17, 15) is 4.79 Å². The number of nitrogens with two attached hydrogens (primary N) is 1. The summed E-state index contributed by atoms with van der Waals surface area (Å²) in [6.45, 7) is 12.5. The maximum atomic E-state index is 12.4. The van der Waals surface area contributed by atoms with Crippen molar-refractivity contribution in [1.29, 1.82) is 0 Å². The summed E-state index contributed by atoms with van der Waals surface area (Å²) in [6.07, 6.45) is 3.36. The molecule has 18 heavy (non-hydrogen) atoms. The van der Waals surface area contributed by atoms with E-state index >= 15 is 0 Å². The number of anilines is 1. The van der Waals surface area contributed by atoms with Crippen molar-refractivity contribution in [2.75, 3.05) is 18.8 Å². The fourth-order valence-corrected chi connectivity index (χ4v) is 1.75. The molecule has 5 nitrogen and oxygen atoms in total. The molecule has 0 aliphatic rings. The molecule has 0 saturated carbocycles. The van der Waals surface area contributed by atoms with Crippen LogP contribution in [0.2, 0.25) is 0 Å². The Bertz CT molecular complexity index is 452. The lowest BCUT2D eigenvalue weighted by atomic mass is 10.2. The highest BCUT2D eigenvalue weighted by Crippen LogP contribution is 2.18. The molecule has 0 aromatic carbocycles. The number of aryl methyl sites for hydroxylation is 2. The first-order chi connectivity index (χ1) is 8.56. The monoisotopic (exact) mass is 248 g/mol. The smallest absolute Gasteiger partial charge is 0.274 e. The Hall–Kier alpha value is -2.04. The highest BCUT2D eigenvalue weighted by Gasteiger charge is 2.22. The normalized spacial score (nSPS) is 10.1. The second-order valence-electron chi connectivity index (χ2n) is 3.95. The third-order valence-corrected chi connectivity index (χ3v) is 2.66. The Morgan fingerprint density at radius 1 is 1.44 bits per heavy atom. The zero-order valence-electron chi connectivity index (χ0n) is 11.0. The van der Waals surface area contributed by atoms with Crippen LogP contribution in [0, 0.1) is 6.92 Å². The summed E-state index contributed by atoms with van der Waals surface area (Å²) >= 11 is 0. The molecule has 98 valence electrons. The molecule has 5 heteroatoms. The standard InChI is InChI=1S/C13H20N4O/c1-5-8-16(9-6-2)13(18)12-11(14)10(4)15-17(12)7-3/h5-6H,1-2,7-9,14H2,3-4H3. The van der Waals surface area contributed by atoms with Gasteiger partial charge in [0.2, 0.25) is 0 Å². The van der Waals surface area contributed by atoms with E-state index in [4.69, 9.17) is 5.73 Å². The molecule has 0 atom stereocenters. The van der Waals surface area contributed by atoms with Gasteiger partial charge in [-0.05, 0) is 13.8 Å². The zero-order valence-corrected chi connectivity index (χ0v) is 11.0. The third kappa shape index (κ3) is 2.61. The van der Waals surface area contributed by atoms with Crippen LogP contribution >= 0.6 is 0 Å². The number of rotatable bonds is 6. The molecule has 0 fully saturated rings. The largest absolute Gasteiger partial charge is 0.395 e. The van der Waals surface area contributed by atoms with Gasteiger partial charge in [-0.3, -0.25) is 9.48 Å². The van der Waals surface area contributed by atoms with Crippen LogP contribution < -0.4 is 5.73 Å². The van der Waals surface area contributed by atoms with Crippen molar-refractivity contribution in [3.8, 4) is 0 Å². The van der Waals surface area contributed by atoms with Crippen molar-refractivity contribution >= 4 is 11.6 Å². The number of nitrogens with zero attached hydrogens (tertiary/aromatic N) is 3. The minimum atomic E-state index is -0.144. The SMILES string of the molecule is C=CCN(CC=C)C(=O)c1c(N)c(C)nn1CC. The predicted molar refractivity (Wildman–Crippen MR) is 73.3 cm³/mol. The molecule has 0 aliphatic carbocycles. The van der Waals surface area contributed by atoms with E-state index in [1.807, 2.05) is 6.92 Å². The van der Waals surface area contributed by atoms with E-state index < -0.39 is 0 Å². The van der Waals surface area contributed by atoms with Crippen molar-refractivity contribution < 1.29 is 4.79 Å². The molecular formula is C13H20N4O. The van der Waals surface area contributed by atoms with Gasteiger partial charge in [-0.1, -0.05) is 12.2 Å². The van der Waals surface area contributed by atoms with Crippen LogP contribution in [0.5, 0.6) is 0 Å². The van der Waals surface area contributed by atoms with E-state index in [0.717, 1.165) is 0 Å². The number of nitrogen functional groups attached to an aromatic ring is 1. The molecular weight excluding hydrogens is 228 g/mol. The van der Waals surface area contributed by atoms with Crippen molar-refractivity contribution in [3.63, 3.8) is 0 Å². The van der Waals surface area contributed by atoms with E-state index in [2.05, 4.69) is 18.3 Å². The van der Waals surface area contributed by atoms with Gasteiger partial charge in [0, 0.05) is 19.6 Å². The molecule has 0 spiro atoms. The fourth-order valence-electron chi connectivity index (χ4n) is 1.75. The van der Waals surface area contributed by atoms with E-state index in [1.165, 1.54) is 0 Å². The molecule has 0 unspecified atom stereocenters. The molecule has 2 N–H and O–H groups in total. The van der Waals surface area contributed by atoms with Gasteiger partial charge in [0.1, 0.15) is 5.69 Å². The van der Waals surface area contributed by atoms with Gasteiger partial charge in [0.05, 0.1) is 11.4 Å². The van der Waals surface area contributed by atoms with Crippen LogP contribution in [0.3, 0.4) is 0 Å². The number of carbonyl (C=O) groups is 1. The van der Waals surface area contributed by atoms with Crippen LogP contribution in [-0.4, -0.2) is 33.7 Å². The van der Waals surface area contributed by atoms with Crippen LogP contribution in [0.25, 0.3) is 0 Å². The minimum absolute atomic E-state index is 0.144. The molecule has 0 aliphatic heterocycles. The van der Waals surface area contributed by atoms with Crippen LogP contribution in [0.15, 0.2) is 25.3 Å². The first kappa shape index (κ1) is 14.0. The molecule has 1 heterocycles. The summed E-state index contributed by atoms with van der Waals surface area (Å²) in [7, 11) is 0. The first-order valence-electron chi connectivity index (χ1n) is 5.90. The molecule has 1 amide bonds. The Kier molecular flexibility index (Phi) is 4.71. The maximum Gasteiger partial charge on any atom is 0.274 e. The highest BCUT2D eigenvalue weighted by atomic mass is 16.2. The summed E-state index contributed by atoms with van der Waals surface area (Å²) < 4.78 is 1.63. The number of amides is 1. The Balaban J connectivity index is 3.14. The van der Waals surface area contributed by atoms with Gasteiger partial charge >= 0.3 is 0 Å². The van der Waals surface area contributed by atoms with Gasteiger partial charge in [0.15, 0.2) is 0 Å². The lowest BCUT2D eigenvalue weighted by Crippen LogP contribution is -2.33. The summed E-state index contributed by atoms with van der Waals surface area (Å²) in [5.41, 5.74) is 7.49. The number of carbonyl (C=O) groups excluding carboxylic acids is 1. The molecule has 1 aromatic rings. The van der Waals surface area contributed by atoms with Gasteiger partial charge < -0.3 is 10.6 Å². The highest BCUT2D eigenvalue weighted by molar-refractivity contribution is 5.98.